The van der Waals surface area contributed by atoms with Crippen molar-refractivity contribution in [1.82, 2.24) is 14.8 Å². The van der Waals surface area contributed by atoms with E-state index in [2.05, 4.69) is 15.4 Å². The highest BCUT2D eigenvalue weighted by Gasteiger charge is 2.10. The van der Waals surface area contributed by atoms with Gasteiger partial charge < -0.3 is 10.4 Å². The van der Waals surface area contributed by atoms with Crippen molar-refractivity contribution < 1.29 is 5.11 Å². The Balaban J connectivity index is 1.68. The molecular weight excluding hydrogens is 260 g/mol. The number of nitrogens with zero attached hydrogens (tertiary/aromatic N) is 3. The zero-order valence-corrected chi connectivity index (χ0v) is 11.3. The van der Waals surface area contributed by atoms with E-state index in [-0.39, 0.29) is 0 Å². The summed E-state index contributed by atoms with van der Waals surface area (Å²) >= 11 is 1.59. The van der Waals surface area contributed by atoms with Crippen LogP contribution in [0.1, 0.15) is 11.7 Å². The summed E-state index contributed by atoms with van der Waals surface area (Å²) in [6, 6.07) is 7.98. The Bertz CT molecular complexity index is 658. The lowest BCUT2D eigenvalue weighted by Crippen LogP contribution is -2.11. The fourth-order valence-electron chi connectivity index (χ4n) is 1.86. The van der Waals surface area contributed by atoms with Crippen LogP contribution in [0.25, 0.3) is 10.2 Å². The van der Waals surface area contributed by atoms with Crippen LogP contribution in [0.15, 0.2) is 36.7 Å². The van der Waals surface area contributed by atoms with E-state index in [0.29, 0.717) is 6.54 Å². The van der Waals surface area contributed by atoms with Crippen LogP contribution < -0.4 is 5.32 Å². The maximum atomic E-state index is 10.0. The Morgan fingerprint density at radius 3 is 3.00 bits per heavy atom. The van der Waals surface area contributed by atoms with Gasteiger partial charge in [0.2, 0.25) is 0 Å². The fourth-order valence-corrected chi connectivity index (χ4v) is 2.73. The Kier molecular flexibility index (Phi) is 3.18. The summed E-state index contributed by atoms with van der Waals surface area (Å²) in [6.07, 6.45) is 2.90. The normalized spacial score (nSPS) is 12.7. The molecule has 1 aromatic carbocycles. The molecule has 1 atom stereocenters. The van der Waals surface area contributed by atoms with Gasteiger partial charge in [0.25, 0.3) is 0 Å². The van der Waals surface area contributed by atoms with Crippen molar-refractivity contribution >= 4 is 26.7 Å². The maximum Gasteiger partial charge on any atom is 0.183 e. The molecule has 0 aliphatic rings. The second kappa shape index (κ2) is 4.99. The smallest absolute Gasteiger partial charge is 0.183 e. The van der Waals surface area contributed by atoms with E-state index >= 15 is 0 Å². The third kappa shape index (κ3) is 2.59. The third-order valence-electron chi connectivity index (χ3n) is 2.85. The minimum absolute atomic E-state index is 0.422. The van der Waals surface area contributed by atoms with Crippen molar-refractivity contribution in [3.05, 3.63) is 42.2 Å². The average molecular weight is 274 g/mol. The van der Waals surface area contributed by atoms with Gasteiger partial charge in [0.1, 0.15) is 0 Å². The standard InChI is InChI=1S/C13H14N4OS/c1-17-8-9(6-15-17)11(18)7-14-13-16-10-4-2-3-5-12(10)19-13/h2-6,8,11,18H,7H2,1H3,(H,14,16). The van der Waals surface area contributed by atoms with Gasteiger partial charge in [-0.25, -0.2) is 4.98 Å². The monoisotopic (exact) mass is 274 g/mol. The molecule has 0 saturated heterocycles. The Hall–Kier alpha value is -1.92. The van der Waals surface area contributed by atoms with Gasteiger partial charge in [-0.3, -0.25) is 4.68 Å². The molecule has 0 aliphatic heterocycles. The summed E-state index contributed by atoms with van der Waals surface area (Å²) in [7, 11) is 1.83. The summed E-state index contributed by atoms with van der Waals surface area (Å²) in [5.74, 6) is 0. The molecule has 0 radical (unpaired) electrons. The predicted octanol–water partition coefficient (Wildman–Crippen LogP) is 2.18. The SMILES string of the molecule is Cn1cc(C(O)CNc2nc3ccccc3s2)cn1. The quantitative estimate of drug-likeness (QED) is 0.765. The molecule has 98 valence electrons. The van der Waals surface area contributed by atoms with Crippen LogP contribution in [0.3, 0.4) is 0 Å². The maximum absolute atomic E-state index is 10.0. The number of anilines is 1. The van der Waals surface area contributed by atoms with Crippen molar-refractivity contribution in [3.8, 4) is 0 Å². The molecule has 0 spiro atoms. The van der Waals surface area contributed by atoms with E-state index in [1.165, 1.54) is 0 Å². The van der Waals surface area contributed by atoms with E-state index in [0.717, 1.165) is 20.9 Å². The molecule has 19 heavy (non-hydrogen) atoms. The largest absolute Gasteiger partial charge is 0.386 e. The number of rotatable bonds is 4. The molecule has 2 aromatic heterocycles. The van der Waals surface area contributed by atoms with E-state index in [1.54, 1.807) is 22.2 Å². The minimum atomic E-state index is -0.583. The van der Waals surface area contributed by atoms with E-state index in [4.69, 9.17) is 0 Å². The van der Waals surface area contributed by atoms with Gasteiger partial charge in [0.05, 0.1) is 22.5 Å². The highest BCUT2D eigenvalue weighted by atomic mass is 32.1. The molecule has 5 nitrogen and oxygen atoms in total. The zero-order chi connectivity index (χ0) is 13.2. The summed E-state index contributed by atoms with van der Waals surface area (Å²) in [5.41, 5.74) is 1.78. The van der Waals surface area contributed by atoms with Gasteiger partial charge in [-0.05, 0) is 12.1 Å². The number of fused-ring (bicyclic) bond motifs is 1. The third-order valence-corrected chi connectivity index (χ3v) is 3.84. The van der Waals surface area contributed by atoms with E-state index in [1.807, 2.05) is 37.5 Å². The lowest BCUT2D eigenvalue weighted by Gasteiger charge is -2.08. The summed E-state index contributed by atoms with van der Waals surface area (Å²) in [5, 5.41) is 18.1. The van der Waals surface area contributed by atoms with Crippen LogP contribution in [0.4, 0.5) is 5.13 Å². The predicted molar refractivity (Wildman–Crippen MR) is 76.3 cm³/mol. The summed E-state index contributed by atoms with van der Waals surface area (Å²) < 4.78 is 2.82. The zero-order valence-electron chi connectivity index (χ0n) is 10.4. The number of thiazole rings is 1. The first-order valence-corrected chi connectivity index (χ1v) is 6.80. The van der Waals surface area contributed by atoms with Crippen LogP contribution in [0, 0.1) is 0 Å². The highest BCUT2D eigenvalue weighted by Crippen LogP contribution is 2.25. The van der Waals surface area contributed by atoms with Crippen molar-refractivity contribution in [3.63, 3.8) is 0 Å². The summed E-state index contributed by atoms with van der Waals surface area (Å²) in [6.45, 7) is 0.422. The molecule has 0 bridgehead atoms. The number of hydrogen-bond donors (Lipinski definition) is 2. The first-order valence-electron chi connectivity index (χ1n) is 5.98. The molecule has 0 aliphatic carbocycles. The second-order valence-electron chi connectivity index (χ2n) is 4.33. The Labute approximate surface area is 114 Å². The number of aliphatic hydroxyl groups excluding tert-OH is 1. The molecule has 0 saturated carbocycles. The number of nitrogens with one attached hydrogen (secondary N) is 1. The van der Waals surface area contributed by atoms with E-state index < -0.39 is 6.10 Å². The molecule has 6 heteroatoms. The molecule has 3 rings (SSSR count). The van der Waals surface area contributed by atoms with Gasteiger partial charge in [-0.2, -0.15) is 5.10 Å². The molecule has 2 N–H and O–H groups in total. The fraction of sp³-hybridized carbons (Fsp3) is 0.231. The minimum Gasteiger partial charge on any atom is -0.386 e. The van der Waals surface area contributed by atoms with E-state index in [9.17, 15) is 5.11 Å². The lowest BCUT2D eigenvalue weighted by atomic mass is 10.2. The number of benzene rings is 1. The molecule has 3 aromatic rings. The second-order valence-corrected chi connectivity index (χ2v) is 5.36. The number of hydrogen-bond acceptors (Lipinski definition) is 5. The average Bonchev–Trinajstić information content (AvgIpc) is 3.01. The van der Waals surface area contributed by atoms with Crippen molar-refractivity contribution in [2.45, 2.75) is 6.10 Å². The van der Waals surface area contributed by atoms with Gasteiger partial charge in [0, 0.05) is 25.4 Å². The van der Waals surface area contributed by atoms with Gasteiger partial charge >= 0.3 is 0 Å². The topological polar surface area (TPSA) is 63.0 Å². The summed E-state index contributed by atoms with van der Waals surface area (Å²) in [4.78, 5) is 4.46. The number of para-hydroxylation sites is 1. The molecule has 1 unspecified atom stereocenters. The number of aliphatic hydroxyl groups is 1. The van der Waals surface area contributed by atoms with Crippen LogP contribution in [-0.4, -0.2) is 26.4 Å². The van der Waals surface area contributed by atoms with Gasteiger partial charge in [-0.1, -0.05) is 23.5 Å². The van der Waals surface area contributed by atoms with Crippen molar-refractivity contribution in [1.29, 1.82) is 0 Å². The van der Waals surface area contributed by atoms with Gasteiger partial charge in [0.15, 0.2) is 5.13 Å². The van der Waals surface area contributed by atoms with Crippen LogP contribution >= 0.6 is 11.3 Å². The molecule has 2 heterocycles. The molecule has 0 amide bonds. The molecule has 0 fully saturated rings. The first kappa shape index (κ1) is 12.1. The number of aryl methyl sites for hydroxylation is 1. The Morgan fingerprint density at radius 2 is 2.26 bits per heavy atom. The van der Waals surface area contributed by atoms with Gasteiger partial charge in [-0.15, -0.1) is 0 Å². The molecular formula is C13H14N4OS. The Morgan fingerprint density at radius 1 is 1.42 bits per heavy atom. The highest BCUT2D eigenvalue weighted by molar-refractivity contribution is 7.22. The van der Waals surface area contributed by atoms with Crippen LogP contribution in [0.2, 0.25) is 0 Å². The van der Waals surface area contributed by atoms with Crippen molar-refractivity contribution in [2.24, 2.45) is 7.05 Å². The lowest BCUT2D eigenvalue weighted by molar-refractivity contribution is 0.191. The van der Waals surface area contributed by atoms with Crippen LogP contribution in [-0.2, 0) is 7.05 Å². The first-order chi connectivity index (χ1) is 9.22. The number of aromatic nitrogens is 3. The van der Waals surface area contributed by atoms with Crippen molar-refractivity contribution in [2.75, 3.05) is 11.9 Å². The van der Waals surface area contributed by atoms with Crippen LogP contribution in [0.5, 0.6) is 0 Å².